The molecule has 608 valence electrons. The number of amides is 1. The Balaban J connectivity index is 0.000000158. The predicted molar refractivity (Wildman–Crippen MR) is 481 cm³/mol. The molecule has 6 aromatic heterocycles. The van der Waals surface area contributed by atoms with Gasteiger partial charge >= 0.3 is 0 Å². The lowest BCUT2D eigenvalue weighted by molar-refractivity contribution is -0.384. The molecule has 4 N–H and O–H groups in total. The molecule has 3 aliphatic carbocycles. The largest absolute Gasteiger partial charge is 0.494 e. The van der Waals surface area contributed by atoms with Crippen molar-refractivity contribution < 1.29 is 33.6 Å². The number of nitrogens with one attached hydrogen (secondary N) is 4. The van der Waals surface area contributed by atoms with Crippen LogP contribution in [0, 0.1) is 20.2 Å². The van der Waals surface area contributed by atoms with Gasteiger partial charge < -0.3 is 64.9 Å². The summed E-state index contributed by atoms with van der Waals surface area (Å²) < 4.78 is 20.1. The maximum atomic E-state index is 12.3. The lowest BCUT2D eigenvalue weighted by Crippen LogP contribution is -2.29. The summed E-state index contributed by atoms with van der Waals surface area (Å²) in [4.78, 5) is 86.0. The minimum Gasteiger partial charge on any atom is -0.494 e. The van der Waals surface area contributed by atoms with Crippen LogP contribution in [0.3, 0.4) is 0 Å². The van der Waals surface area contributed by atoms with Gasteiger partial charge in [-0.1, -0.05) is 104 Å². The quantitative estimate of drug-likeness (QED) is 0.0147. The van der Waals surface area contributed by atoms with Crippen molar-refractivity contribution >= 4 is 173 Å². The van der Waals surface area contributed by atoms with Gasteiger partial charge in [-0.15, -0.1) is 34.0 Å². The minimum absolute atomic E-state index is 0.0196. The Kier molecular flexibility index (Phi) is 27.7. The fourth-order valence-electron chi connectivity index (χ4n) is 13.6. The van der Waals surface area contributed by atoms with Gasteiger partial charge in [0, 0.05) is 107 Å². The third-order valence-corrected chi connectivity index (χ3v) is 22.6. The van der Waals surface area contributed by atoms with Gasteiger partial charge in [0.05, 0.1) is 107 Å². The Morgan fingerprint density at radius 1 is 0.449 bits per heavy atom. The topological polar surface area (TPSA) is 293 Å². The number of nitro groups is 2. The Morgan fingerprint density at radius 2 is 0.763 bits per heavy atom. The minimum atomic E-state index is -0.509. The summed E-state index contributed by atoms with van der Waals surface area (Å²) in [5.74, 6) is 2.42. The number of likely N-dealkylation sites (N-methyl/N-ethyl adjacent to an activating group) is 6. The van der Waals surface area contributed by atoms with Crippen molar-refractivity contribution in [2.24, 2.45) is 0 Å². The number of halogens is 1. The molecule has 12 aromatic rings. The number of rotatable bonds is 29. The number of allylic oxidation sites excluding steroid dienone is 4. The molecule has 6 aromatic carbocycles. The molecular formula is C87H91ClN18O9S3. The number of carbonyl (C=O) groups excluding carboxylic acids is 2. The molecule has 0 saturated carbocycles. The highest BCUT2D eigenvalue weighted by Crippen LogP contribution is 2.46. The molecule has 6 heterocycles. The van der Waals surface area contributed by atoms with Crippen molar-refractivity contribution in [3.8, 4) is 17.2 Å². The first-order valence-corrected chi connectivity index (χ1v) is 40.6. The lowest BCUT2D eigenvalue weighted by Gasteiger charge is -2.26. The van der Waals surface area contributed by atoms with Gasteiger partial charge in [-0.2, -0.15) is 0 Å². The fourth-order valence-corrected chi connectivity index (χ4v) is 16.1. The van der Waals surface area contributed by atoms with Crippen molar-refractivity contribution in [1.29, 1.82) is 0 Å². The lowest BCUT2D eigenvalue weighted by atomic mass is 10.0. The van der Waals surface area contributed by atoms with Gasteiger partial charge in [0.15, 0.2) is 0 Å². The average Bonchev–Trinajstić information content (AvgIpc) is 1.61. The summed E-state index contributed by atoms with van der Waals surface area (Å²) in [6.45, 7) is 11.1. The maximum Gasteiger partial charge on any atom is 0.294 e. The van der Waals surface area contributed by atoms with Crippen molar-refractivity contribution in [3.63, 3.8) is 0 Å². The van der Waals surface area contributed by atoms with Crippen LogP contribution in [-0.4, -0.2) is 190 Å². The number of benzene rings is 6. The number of hydrogen-bond donors (Lipinski definition) is 4. The summed E-state index contributed by atoms with van der Waals surface area (Å²) in [5, 5.41) is 42.3. The Morgan fingerprint density at radius 3 is 1.07 bits per heavy atom. The molecule has 118 heavy (non-hydrogen) atoms. The number of anilines is 10. The highest BCUT2D eigenvalue weighted by atomic mass is 35.5. The molecule has 0 unspecified atom stereocenters. The number of methoxy groups -OCH3 is 3. The Hall–Kier alpha value is -12.6. The van der Waals surface area contributed by atoms with Gasteiger partial charge in [0.2, 0.25) is 29.0 Å². The van der Waals surface area contributed by atoms with Crippen LogP contribution < -0.4 is 50.2 Å². The van der Waals surface area contributed by atoms with Crippen LogP contribution in [0.25, 0.3) is 47.4 Å². The van der Waals surface area contributed by atoms with E-state index in [9.17, 15) is 29.8 Å². The fraction of sp³-hybridized carbons (Fsp3) is 0.241. The van der Waals surface area contributed by atoms with E-state index in [4.69, 9.17) is 55.7 Å². The molecule has 31 heteroatoms. The zero-order valence-corrected chi connectivity index (χ0v) is 70.8. The molecule has 15 rings (SSSR count). The van der Waals surface area contributed by atoms with Crippen LogP contribution in [0.2, 0.25) is 0 Å². The first-order valence-electron chi connectivity index (χ1n) is 37.6. The number of hydrogen-bond acceptors (Lipinski definition) is 27. The molecule has 0 fully saturated rings. The maximum absolute atomic E-state index is 12.3. The number of ether oxygens (including phenoxy) is 3. The Labute approximate surface area is 701 Å². The van der Waals surface area contributed by atoms with Crippen LogP contribution >= 0.6 is 45.6 Å². The molecule has 27 nitrogen and oxygen atoms in total. The zero-order chi connectivity index (χ0) is 84.0. The van der Waals surface area contributed by atoms with Gasteiger partial charge in [0.25, 0.3) is 11.4 Å². The van der Waals surface area contributed by atoms with Crippen LogP contribution in [0.5, 0.6) is 17.2 Å². The van der Waals surface area contributed by atoms with Crippen LogP contribution in [0.4, 0.5) is 69.0 Å². The highest BCUT2D eigenvalue weighted by Gasteiger charge is 2.29. The number of aromatic nitrogens is 6. The third kappa shape index (κ3) is 19.8. The average molecular weight is 1660 g/mol. The molecule has 0 spiro atoms. The Bertz CT molecular complexity index is 5650. The molecule has 0 atom stereocenters. The summed E-state index contributed by atoms with van der Waals surface area (Å²) in [7, 11) is 22.3. The van der Waals surface area contributed by atoms with Crippen LogP contribution in [0.15, 0.2) is 187 Å². The van der Waals surface area contributed by atoms with Gasteiger partial charge in [-0.3, -0.25) is 29.8 Å². The number of nitro benzene ring substituents is 2. The van der Waals surface area contributed by atoms with Crippen LogP contribution in [0.1, 0.15) is 50.5 Å². The molecule has 3 aliphatic rings. The second-order valence-corrected chi connectivity index (χ2v) is 31.6. The van der Waals surface area contributed by atoms with E-state index < -0.39 is 5.24 Å². The van der Waals surface area contributed by atoms with Crippen LogP contribution in [-0.2, 0) is 28.9 Å². The number of thiophene rings is 3. The summed E-state index contributed by atoms with van der Waals surface area (Å²) in [6, 6.07) is 41.1. The van der Waals surface area contributed by atoms with Crippen molar-refractivity contribution in [1.82, 2.24) is 44.6 Å². The van der Waals surface area contributed by atoms with E-state index in [-0.39, 0.29) is 27.1 Å². The standard InChI is InChI=1S/C30H32N6O2S.2C27H28N6O3S.C3H3ClO/c1-6-27(37)31-23-17-24(26(38-5)18-25(23)36(4)15-14-35(2)3)33-30-32-22-13-16-39-29(22)28(34-30)21-12-11-19-9-7-8-10-20(19)21;2*1-31(2)12-13-32(3)22-16-24(36-4)21(15-23(22)33(34)35)29-27-28-20-11-14-37-26(20)25(30-27)19-10-9-17-7-5-6-8-18(17)19;1-2-3(4)5/h6-10,12-13,16-18H,1,11,14-15H2,2-5H3,(H,31,37)(H,32,33,34);2*5-8,10-11,14-16H,9,12-13H2,1-4H3,(H,28,29,30);2H,1H2. The third-order valence-electron chi connectivity index (χ3n) is 19.7. The first kappa shape index (κ1) is 84.8. The van der Waals surface area contributed by atoms with E-state index in [1.54, 1.807) is 67.5 Å². The van der Waals surface area contributed by atoms with Gasteiger partial charge in [-0.25, -0.2) is 29.9 Å². The number of carbonyl (C=O) groups is 2. The second-order valence-electron chi connectivity index (χ2n) is 28.4. The van der Waals surface area contributed by atoms with E-state index in [2.05, 4.69) is 111 Å². The van der Waals surface area contributed by atoms with Crippen molar-refractivity contribution in [2.75, 3.05) is 160 Å². The zero-order valence-electron chi connectivity index (χ0n) is 67.6. The molecule has 0 radical (unpaired) electrons. The van der Waals surface area contributed by atoms with Gasteiger partial charge in [-0.05, 0) is 159 Å². The van der Waals surface area contributed by atoms with E-state index in [0.29, 0.717) is 82.3 Å². The number of fused-ring (bicyclic) bond motifs is 6. The summed E-state index contributed by atoms with van der Waals surface area (Å²) in [6.07, 6.45) is 11.5. The molecule has 0 saturated heterocycles. The van der Waals surface area contributed by atoms with E-state index in [1.807, 2.05) is 154 Å². The van der Waals surface area contributed by atoms with Gasteiger partial charge in [0.1, 0.15) is 28.6 Å². The second kappa shape index (κ2) is 38.5. The first-order chi connectivity index (χ1) is 56.8. The molecule has 0 aliphatic heterocycles. The van der Waals surface area contributed by atoms with E-state index in [1.165, 1.54) is 51.6 Å². The smallest absolute Gasteiger partial charge is 0.294 e. The number of nitrogens with zero attached hydrogens (tertiary/aromatic N) is 14. The van der Waals surface area contributed by atoms with E-state index >= 15 is 0 Å². The highest BCUT2D eigenvalue weighted by molar-refractivity contribution is 7.18. The SMILES string of the molecule is C=CC(=O)Cl.C=CC(=O)Nc1cc(Nc2nc(C3=CCc4ccccc43)c3sccc3n2)c(OC)cc1N(C)CCN(C)C.COc1cc(N(C)CCN(C)C)c([N+](=O)[O-])cc1Nc1nc(C2=CCc3ccccc32)c2sccc2n1.COc1cc(N(C)CCN(C)C)c([N+](=O)[O-])cc1Nc1nc(C2=CCc3ccccc32)c2sccc2n1. The van der Waals surface area contributed by atoms with Crippen molar-refractivity contribution in [2.45, 2.75) is 19.3 Å². The normalized spacial score (nSPS) is 12.2. The molecule has 1 amide bonds. The summed E-state index contributed by atoms with van der Waals surface area (Å²) in [5.41, 5.74) is 19.6. The van der Waals surface area contributed by atoms with Crippen molar-refractivity contribution in [3.05, 3.63) is 258 Å². The molecular weight excluding hydrogens is 1570 g/mol. The molecule has 0 bridgehead atoms. The predicted octanol–water partition coefficient (Wildman–Crippen LogP) is 17.2. The van der Waals surface area contributed by atoms with E-state index in [0.717, 1.165) is 122 Å². The monoisotopic (exact) mass is 1660 g/mol. The summed E-state index contributed by atoms with van der Waals surface area (Å²) >= 11 is 9.54.